The molecule has 0 amide bonds. The molecular weight excluding hydrogens is 503 g/mol. The van der Waals surface area contributed by atoms with Crippen LogP contribution in [0.15, 0.2) is 33.8 Å². The largest absolute Gasteiger partial charge is 0.357 e. The van der Waals surface area contributed by atoms with Crippen LogP contribution in [-0.2, 0) is 6.54 Å². The Kier molecular flexibility index (Phi) is 8.14. The SMILES string of the molecule is CCNC(=NCc1nc(-c2cccc(Cl)c2)no1)NC1CCN(C2CC2)CC1.I. The third-order valence-corrected chi connectivity index (χ3v) is 5.44. The number of guanidine groups is 1. The van der Waals surface area contributed by atoms with Gasteiger partial charge >= 0.3 is 0 Å². The number of nitrogens with zero attached hydrogens (tertiary/aromatic N) is 4. The number of aliphatic imine (C=N–C) groups is 1. The predicted octanol–water partition coefficient (Wildman–Crippen LogP) is 3.69. The van der Waals surface area contributed by atoms with Crippen LogP contribution >= 0.6 is 35.6 Å². The second-order valence-electron chi connectivity index (χ2n) is 7.40. The molecule has 1 aromatic heterocycles. The molecule has 1 saturated heterocycles. The molecule has 0 radical (unpaired) electrons. The molecule has 2 aromatic rings. The summed E-state index contributed by atoms with van der Waals surface area (Å²) in [5, 5.41) is 11.6. The quantitative estimate of drug-likeness (QED) is 0.337. The normalized spacial score (nSPS) is 18.3. The number of rotatable bonds is 6. The minimum atomic E-state index is 0. The summed E-state index contributed by atoms with van der Waals surface area (Å²) in [7, 11) is 0. The van der Waals surface area contributed by atoms with Gasteiger partial charge in [-0.15, -0.1) is 24.0 Å². The van der Waals surface area contributed by atoms with Crippen LogP contribution in [0, 0.1) is 0 Å². The second-order valence-corrected chi connectivity index (χ2v) is 7.84. The number of piperidine rings is 1. The Labute approximate surface area is 193 Å². The van der Waals surface area contributed by atoms with Gasteiger partial charge in [-0.25, -0.2) is 4.99 Å². The summed E-state index contributed by atoms with van der Waals surface area (Å²) in [4.78, 5) is 11.7. The highest BCUT2D eigenvalue weighted by atomic mass is 127. The van der Waals surface area contributed by atoms with E-state index in [-0.39, 0.29) is 24.0 Å². The van der Waals surface area contributed by atoms with E-state index in [1.807, 2.05) is 24.3 Å². The topological polar surface area (TPSA) is 78.6 Å². The number of hydrogen-bond donors (Lipinski definition) is 2. The van der Waals surface area contributed by atoms with Crippen molar-refractivity contribution in [3.8, 4) is 11.4 Å². The van der Waals surface area contributed by atoms with Gasteiger partial charge in [0, 0.05) is 42.3 Å². The van der Waals surface area contributed by atoms with Crippen molar-refractivity contribution in [2.24, 2.45) is 4.99 Å². The van der Waals surface area contributed by atoms with E-state index >= 15 is 0 Å². The van der Waals surface area contributed by atoms with Gasteiger partial charge < -0.3 is 20.1 Å². The van der Waals surface area contributed by atoms with E-state index in [9.17, 15) is 0 Å². The van der Waals surface area contributed by atoms with Crippen molar-refractivity contribution < 1.29 is 4.52 Å². The highest BCUT2D eigenvalue weighted by Crippen LogP contribution is 2.29. The van der Waals surface area contributed by atoms with Gasteiger partial charge in [0.25, 0.3) is 0 Å². The third-order valence-electron chi connectivity index (χ3n) is 5.20. The van der Waals surface area contributed by atoms with Gasteiger partial charge in [-0.05, 0) is 44.7 Å². The van der Waals surface area contributed by atoms with E-state index in [0.717, 1.165) is 37.0 Å². The van der Waals surface area contributed by atoms with Crippen molar-refractivity contribution in [1.29, 1.82) is 0 Å². The van der Waals surface area contributed by atoms with Crippen LogP contribution < -0.4 is 10.6 Å². The molecule has 0 unspecified atom stereocenters. The molecule has 7 nitrogen and oxygen atoms in total. The number of nitrogens with one attached hydrogen (secondary N) is 2. The Hall–Kier alpha value is -1.39. The zero-order valence-corrected chi connectivity index (χ0v) is 19.7. The summed E-state index contributed by atoms with van der Waals surface area (Å²) >= 11 is 6.03. The molecule has 29 heavy (non-hydrogen) atoms. The second kappa shape index (κ2) is 10.6. The van der Waals surface area contributed by atoms with E-state index in [1.165, 1.54) is 25.9 Å². The van der Waals surface area contributed by atoms with E-state index in [0.29, 0.717) is 29.3 Å². The fourth-order valence-electron chi connectivity index (χ4n) is 3.57. The maximum Gasteiger partial charge on any atom is 0.248 e. The van der Waals surface area contributed by atoms with Crippen LogP contribution in [0.1, 0.15) is 38.5 Å². The van der Waals surface area contributed by atoms with Gasteiger partial charge in [-0.2, -0.15) is 4.98 Å². The van der Waals surface area contributed by atoms with Crippen molar-refractivity contribution in [3.63, 3.8) is 0 Å². The van der Waals surface area contributed by atoms with Crippen LogP contribution in [0.5, 0.6) is 0 Å². The van der Waals surface area contributed by atoms with Crippen LogP contribution in [0.2, 0.25) is 5.02 Å². The summed E-state index contributed by atoms with van der Waals surface area (Å²) in [5.41, 5.74) is 0.832. The molecule has 2 heterocycles. The number of halogens is 2. The average Bonchev–Trinajstić information content (AvgIpc) is 3.44. The molecule has 1 saturated carbocycles. The first-order valence-electron chi connectivity index (χ1n) is 10.1. The lowest BCUT2D eigenvalue weighted by Crippen LogP contribution is -2.49. The zero-order chi connectivity index (χ0) is 19.3. The smallest absolute Gasteiger partial charge is 0.248 e. The minimum absolute atomic E-state index is 0. The standard InChI is InChI=1S/C20H27ClN6O.HI/c1-2-22-20(24-16-8-10-27(11-9-16)17-6-7-17)23-13-18-25-19(26-28-18)14-4-3-5-15(21)12-14;/h3-5,12,16-17H,2,6-11,13H2,1H3,(H2,22,23,24);1H. The zero-order valence-electron chi connectivity index (χ0n) is 16.6. The van der Waals surface area contributed by atoms with Crippen molar-refractivity contribution in [2.45, 2.75) is 51.2 Å². The highest BCUT2D eigenvalue weighted by Gasteiger charge is 2.31. The van der Waals surface area contributed by atoms with Crippen molar-refractivity contribution in [3.05, 3.63) is 35.2 Å². The van der Waals surface area contributed by atoms with Gasteiger partial charge in [-0.3, -0.25) is 0 Å². The molecule has 1 aliphatic heterocycles. The highest BCUT2D eigenvalue weighted by molar-refractivity contribution is 14.0. The molecular formula is C20H28ClIN6O. The summed E-state index contributed by atoms with van der Waals surface area (Å²) in [6.45, 7) is 5.56. The van der Waals surface area contributed by atoms with Gasteiger partial charge in [0.1, 0.15) is 6.54 Å². The van der Waals surface area contributed by atoms with Crippen LogP contribution in [-0.4, -0.2) is 52.7 Å². The lowest BCUT2D eigenvalue weighted by atomic mass is 10.1. The lowest BCUT2D eigenvalue weighted by molar-refractivity contribution is 0.197. The molecule has 0 atom stereocenters. The fourth-order valence-corrected chi connectivity index (χ4v) is 3.76. The Morgan fingerprint density at radius 1 is 1.28 bits per heavy atom. The Morgan fingerprint density at radius 2 is 2.07 bits per heavy atom. The Balaban J connectivity index is 0.00000240. The average molecular weight is 531 g/mol. The van der Waals surface area contributed by atoms with Crippen molar-refractivity contribution >= 4 is 41.5 Å². The maximum atomic E-state index is 6.03. The predicted molar refractivity (Wildman–Crippen MR) is 126 cm³/mol. The van der Waals surface area contributed by atoms with E-state index in [1.54, 1.807) is 0 Å². The molecule has 9 heteroatoms. The van der Waals surface area contributed by atoms with E-state index in [2.05, 4.69) is 37.6 Å². The molecule has 2 N–H and O–H groups in total. The minimum Gasteiger partial charge on any atom is -0.357 e. The molecule has 158 valence electrons. The summed E-state index contributed by atoms with van der Waals surface area (Å²) in [5.74, 6) is 1.81. The first kappa shape index (κ1) is 22.3. The van der Waals surface area contributed by atoms with E-state index in [4.69, 9.17) is 16.1 Å². The summed E-state index contributed by atoms with van der Waals surface area (Å²) < 4.78 is 5.35. The van der Waals surface area contributed by atoms with E-state index < -0.39 is 0 Å². The van der Waals surface area contributed by atoms with Crippen LogP contribution in [0.4, 0.5) is 0 Å². The van der Waals surface area contributed by atoms with Crippen molar-refractivity contribution in [1.82, 2.24) is 25.7 Å². The first-order chi connectivity index (χ1) is 13.7. The van der Waals surface area contributed by atoms with Gasteiger partial charge in [0.05, 0.1) is 0 Å². The molecule has 4 rings (SSSR count). The number of aromatic nitrogens is 2. The van der Waals surface area contributed by atoms with Gasteiger partial charge in [-0.1, -0.05) is 28.9 Å². The first-order valence-corrected chi connectivity index (χ1v) is 10.5. The van der Waals surface area contributed by atoms with Crippen LogP contribution in [0.25, 0.3) is 11.4 Å². The maximum absolute atomic E-state index is 6.03. The molecule has 0 bridgehead atoms. The van der Waals surface area contributed by atoms with Crippen LogP contribution in [0.3, 0.4) is 0 Å². The lowest BCUT2D eigenvalue weighted by Gasteiger charge is -2.33. The number of hydrogen-bond acceptors (Lipinski definition) is 5. The third kappa shape index (κ3) is 6.29. The van der Waals surface area contributed by atoms with Gasteiger partial charge in [0.15, 0.2) is 5.96 Å². The molecule has 1 aliphatic carbocycles. The van der Waals surface area contributed by atoms with Crippen molar-refractivity contribution in [2.75, 3.05) is 19.6 Å². The summed E-state index contributed by atoms with van der Waals surface area (Å²) in [6.07, 6.45) is 5.06. The Bertz CT molecular complexity index is 817. The molecule has 2 aliphatic rings. The number of benzene rings is 1. The molecule has 1 aromatic carbocycles. The number of likely N-dealkylation sites (tertiary alicyclic amines) is 1. The Morgan fingerprint density at radius 3 is 2.76 bits per heavy atom. The van der Waals surface area contributed by atoms with Gasteiger partial charge in [0.2, 0.25) is 11.7 Å². The monoisotopic (exact) mass is 530 g/mol. The summed E-state index contributed by atoms with van der Waals surface area (Å²) in [6, 6.07) is 8.72. The fraction of sp³-hybridized carbons (Fsp3) is 0.550. The molecule has 2 fully saturated rings. The molecule has 0 spiro atoms.